The maximum Gasteiger partial charge on any atom is 0.266 e. The van der Waals surface area contributed by atoms with Crippen LogP contribution in [0, 0.1) is 0 Å². The Kier molecular flexibility index (Phi) is 5.89. The highest BCUT2D eigenvalue weighted by molar-refractivity contribution is 6.30. The van der Waals surface area contributed by atoms with E-state index >= 15 is 0 Å². The maximum atomic E-state index is 12.4. The molecule has 0 saturated carbocycles. The quantitative estimate of drug-likeness (QED) is 0.861. The monoisotopic (exact) mass is 359 g/mol. The topological polar surface area (TPSA) is 65.2 Å². The molecule has 5 nitrogen and oxygen atoms in total. The van der Waals surface area contributed by atoms with Gasteiger partial charge in [-0.15, -0.1) is 0 Å². The molecule has 1 aliphatic rings. The molecule has 0 spiro atoms. The third-order valence-corrected chi connectivity index (χ3v) is 4.80. The van der Waals surface area contributed by atoms with Crippen LogP contribution >= 0.6 is 11.6 Å². The second-order valence-electron chi connectivity index (χ2n) is 6.41. The predicted octanol–water partition coefficient (Wildman–Crippen LogP) is 2.47. The minimum absolute atomic E-state index is 0.0285. The molecule has 132 valence electrons. The summed E-state index contributed by atoms with van der Waals surface area (Å²) in [7, 11) is 0. The minimum atomic E-state index is -0.386. The van der Waals surface area contributed by atoms with Gasteiger partial charge in [0.05, 0.1) is 5.56 Å². The average Bonchev–Trinajstić information content (AvgIpc) is 2.63. The Morgan fingerprint density at radius 2 is 2.12 bits per heavy atom. The average molecular weight is 360 g/mol. The van der Waals surface area contributed by atoms with Crippen molar-refractivity contribution < 1.29 is 4.79 Å². The van der Waals surface area contributed by atoms with Gasteiger partial charge in [0.1, 0.15) is 5.02 Å². The lowest BCUT2D eigenvalue weighted by atomic mass is 10.0. The highest BCUT2D eigenvalue weighted by Gasteiger charge is 2.22. The van der Waals surface area contributed by atoms with Crippen molar-refractivity contribution in [2.45, 2.75) is 25.3 Å². The number of aromatic nitrogens is 1. The van der Waals surface area contributed by atoms with E-state index in [0.29, 0.717) is 5.56 Å². The van der Waals surface area contributed by atoms with Crippen LogP contribution in [0.25, 0.3) is 0 Å². The summed E-state index contributed by atoms with van der Waals surface area (Å²) in [5, 5.41) is 3.08. The van der Waals surface area contributed by atoms with E-state index in [4.69, 9.17) is 11.6 Å². The second kappa shape index (κ2) is 8.32. The first-order valence-electron chi connectivity index (χ1n) is 8.57. The van der Waals surface area contributed by atoms with Gasteiger partial charge in [0, 0.05) is 25.3 Å². The van der Waals surface area contributed by atoms with Crippen LogP contribution in [0.15, 0.2) is 47.4 Å². The number of hydrogen-bond donors (Lipinski definition) is 2. The largest absolute Gasteiger partial charge is 0.348 e. The molecular weight excluding hydrogens is 338 g/mol. The Morgan fingerprint density at radius 3 is 2.88 bits per heavy atom. The summed E-state index contributed by atoms with van der Waals surface area (Å²) in [5.74, 6) is -0.201. The molecule has 1 aromatic heterocycles. The Morgan fingerprint density at radius 1 is 1.32 bits per heavy atom. The van der Waals surface area contributed by atoms with Gasteiger partial charge >= 0.3 is 0 Å². The first kappa shape index (κ1) is 17.7. The number of rotatable bonds is 5. The fourth-order valence-corrected chi connectivity index (χ4v) is 3.34. The van der Waals surface area contributed by atoms with E-state index in [2.05, 4.69) is 39.5 Å². The van der Waals surface area contributed by atoms with Crippen molar-refractivity contribution >= 4 is 17.5 Å². The number of piperidine rings is 1. The first-order valence-corrected chi connectivity index (χ1v) is 8.95. The number of aromatic amines is 1. The number of benzene rings is 1. The zero-order chi connectivity index (χ0) is 17.6. The molecule has 1 atom stereocenters. The van der Waals surface area contributed by atoms with Gasteiger partial charge in [-0.3, -0.25) is 9.59 Å². The van der Waals surface area contributed by atoms with Crippen LogP contribution in [0.5, 0.6) is 0 Å². The third-order valence-electron chi connectivity index (χ3n) is 4.52. The zero-order valence-corrected chi connectivity index (χ0v) is 14.8. The molecule has 1 amide bonds. The van der Waals surface area contributed by atoms with Gasteiger partial charge in [-0.25, -0.2) is 0 Å². The van der Waals surface area contributed by atoms with Crippen molar-refractivity contribution in [2.75, 3.05) is 19.6 Å². The molecular formula is C19H22ClN3O2. The summed E-state index contributed by atoms with van der Waals surface area (Å²) in [6.07, 6.45) is 4.44. The zero-order valence-electron chi connectivity index (χ0n) is 14.0. The van der Waals surface area contributed by atoms with Gasteiger partial charge in [0.15, 0.2) is 0 Å². The molecule has 3 rings (SSSR count). The molecule has 6 heteroatoms. The lowest BCUT2D eigenvalue weighted by Gasteiger charge is -2.33. The SMILES string of the molecule is O=C(NC1CCCN(CCc2ccccc2)C1)c1c[nH]c(=O)c(Cl)c1. The number of nitrogens with one attached hydrogen (secondary N) is 2. The summed E-state index contributed by atoms with van der Waals surface area (Å²) in [6.45, 7) is 2.89. The van der Waals surface area contributed by atoms with E-state index < -0.39 is 0 Å². The first-order chi connectivity index (χ1) is 12.1. The fourth-order valence-electron chi connectivity index (χ4n) is 3.16. The third kappa shape index (κ3) is 4.94. The second-order valence-corrected chi connectivity index (χ2v) is 6.82. The summed E-state index contributed by atoms with van der Waals surface area (Å²) in [5.41, 5.74) is 1.32. The Balaban J connectivity index is 1.53. The molecule has 1 unspecified atom stereocenters. The van der Waals surface area contributed by atoms with E-state index in [1.807, 2.05) is 6.07 Å². The smallest absolute Gasteiger partial charge is 0.266 e. The van der Waals surface area contributed by atoms with E-state index in [-0.39, 0.29) is 22.5 Å². The highest BCUT2D eigenvalue weighted by atomic mass is 35.5. The van der Waals surface area contributed by atoms with Crippen molar-refractivity contribution in [1.82, 2.24) is 15.2 Å². The fraction of sp³-hybridized carbons (Fsp3) is 0.368. The van der Waals surface area contributed by atoms with Gasteiger partial charge in [-0.1, -0.05) is 41.9 Å². The molecule has 1 aliphatic heterocycles. The molecule has 0 aliphatic carbocycles. The van der Waals surface area contributed by atoms with Gasteiger partial charge in [-0.05, 0) is 37.4 Å². The van der Waals surface area contributed by atoms with E-state index in [9.17, 15) is 9.59 Å². The van der Waals surface area contributed by atoms with Crippen LogP contribution in [0.1, 0.15) is 28.8 Å². The van der Waals surface area contributed by atoms with Crippen molar-refractivity contribution in [3.8, 4) is 0 Å². The van der Waals surface area contributed by atoms with Crippen LogP contribution in [0.4, 0.5) is 0 Å². The van der Waals surface area contributed by atoms with Crippen LogP contribution < -0.4 is 10.9 Å². The number of hydrogen-bond acceptors (Lipinski definition) is 3. The van der Waals surface area contributed by atoms with Gasteiger partial charge in [-0.2, -0.15) is 0 Å². The molecule has 2 N–H and O–H groups in total. The Labute approximate surface area is 152 Å². The van der Waals surface area contributed by atoms with Crippen molar-refractivity contribution in [2.24, 2.45) is 0 Å². The van der Waals surface area contributed by atoms with Gasteiger partial charge in [0.25, 0.3) is 11.5 Å². The number of halogens is 1. The molecule has 2 aromatic rings. The maximum absolute atomic E-state index is 12.4. The number of H-pyrrole nitrogens is 1. The highest BCUT2D eigenvalue weighted by Crippen LogP contribution is 2.13. The number of amides is 1. The van der Waals surface area contributed by atoms with Gasteiger partial charge < -0.3 is 15.2 Å². The standard InChI is InChI=1S/C19H22ClN3O2/c20-17-11-15(12-21-19(17)25)18(24)22-16-7-4-9-23(13-16)10-8-14-5-2-1-3-6-14/h1-3,5-6,11-12,16H,4,7-10,13H2,(H,21,25)(H,22,24). The van der Waals surface area contributed by atoms with E-state index in [1.165, 1.54) is 17.8 Å². The van der Waals surface area contributed by atoms with Crippen LogP contribution in [-0.2, 0) is 6.42 Å². The molecule has 1 fully saturated rings. The Hall–Kier alpha value is -2.11. The minimum Gasteiger partial charge on any atom is -0.348 e. The van der Waals surface area contributed by atoms with E-state index in [0.717, 1.165) is 38.9 Å². The normalized spacial score (nSPS) is 18.0. The summed E-state index contributed by atoms with van der Waals surface area (Å²) < 4.78 is 0. The summed E-state index contributed by atoms with van der Waals surface area (Å²) in [6, 6.07) is 12.0. The number of likely N-dealkylation sites (tertiary alicyclic amines) is 1. The van der Waals surface area contributed by atoms with Crippen molar-refractivity contribution in [3.63, 3.8) is 0 Å². The molecule has 2 heterocycles. The van der Waals surface area contributed by atoms with Gasteiger partial charge in [0.2, 0.25) is 0 Å². The Bertz CT molecular complexity index is 776. The van der Waals surface area contributed by atoms with Crippen LogP contribution in [-0.4, -0.2) is 41.5 Å². The van der Waals surface area contributed by atoms with Crippen LogP contribution in [0.2, 0.25) is 5.02 Å². The summed E-state index contributed by atoms with van der Waals surface area (Å²) in [4.78, 5) is 28.5. The predicted molar refractivity (Wildman–Crippen MR) is 99.1 cm³/mol. The lowest BCUT2D eigenvalue weighted by Crippen LogP contribution is -2.48. The molecule has 0 radical (unpaired) electrons. The molecule has 0 bridgehead atoms. The van der Waals surface area contributed by atoms with Crippen molar-refractivity contribution in [1.29, 1.82) is 0 Å². The number of nitrogens with zero attached hydrogens (tertiary/aromatic N) is 1. The number of carbonyl (C=O) groups is 1. The molecule has 25 heavy (non-hydrogen) atoms. The number of pyridine rings is 1. The number of carbonyl (C=O) groups excluding carboxylic acids is 1. The molecule has 1 saturated heterocycles. The van der Waals surface area contributed by atoms with E-state index in [1.54, 1.807) is 0 Å². The van der Waals surface area contributed by atoms with Crippen molar-refractivity contribution in [3.05, 3.63) is 69.1 Å². The van der Waals surface area contributed by atoms with Crippen LogP contribution in [0.3, 0.4) is 0 Å². The lowest BCUT2D eigenvalue weighted by molar-refractivity contribution is 0.0903. The molecule has 1 aromatic carbocycles. The summed E-state index contributed by atoms with van der Waals surface area (Å²) >= 11 is 5.79.